The van der Waals surface area contributed by atoms with Gasteiger partial charge in [-0.2, -0.15) is 0 Å². The van der Waals surface area contributed by atoms with E-state index in [-0.39, 0.29) is 0 Å². The van der Waals surface area contributed by atoms with Crippen LogP contribution in [0.4, 0.5) is 0 Å². The van der Waals surface area contributed by atoms with Gasteiger partial charge in [-0.3, -0.25) is 4.89 Å². The van der Waals surface area contributed by atoms with Gasteiger partial charge in [0.15, 0.2) is 0 Å². The molecule has 0 heterocycles. The van der Waals surface area contributed by atoms with Crippen LogP contribution in [-0.4, -0.2) is 23.2 Å². The Kier molecular flexibility index (Phi) is 4.86. The van der Waals surface area contributed by atoms with Crippen molar-refractivity contribution in [3.05, 3.63) is 0 Å². The van der Waals surface area contributed by atoms with E-state index in [4.69, 9.17) is 0 Å². The van der Waals surface area contributed by atoms with Crippen LogP contribution in [0.1, 0.15) is 6.92 Å². The molecule has 0 aromatic carbocycles. The Morgan fingerprint density at radius 3 is 2.40 bits per heavy atom. The molecule has 0 saturated carbocycles. The molecule has 0 spiro atoms. The predicted molar refractivity (Wildman–Crippen MR) is 18.5 cm³/mol. The van der Waals surface area contributed by atoms with E-state index >= 15 is 0 Å². The molecule has 2 radical (unpaired) electrons. The Morgan fingerprint density at radius 1 is 1.80 bits per heavy atom. The first-order valence-electron chi connectivity index (χ1n) is 1.40. The van der Waals surface area contributed by atoms with Crippen molar-refractivity contribution in [1.82, 2.24) is 0 Å². The first-order valence-corrected chi connectivity index (χ1v) is 1.87. The molecule has 0 saturated heterocycles. The highest BCUT2D eigenvalue weighted by Crippen LogP contribution is 1.63. The van der Waals surface area contributed by atoms with Gasteiger partial charge in [0.1, 0.15) is 0 Å². The fourth-order valence-electron chi connectivity index (χ4n) is 0.0680. The molecule has 0 aromatic heterocycles. The van der Waals surface area contributed by atoms with Crippen LogP contribution in [-0.2, 0) is 8.83 Å². The van der Waals surface area contributed by atoms with Crippen molar-refractivity contribution in [2.75, 3.05) is 6.61 Å². The maximum absolute atomic E-state index is 4.30. The molecule has 28 valence electrons. The van der Waals surface area contributed by atoms with E-state index in [1.165, 1.54) is 0 Å². The molecule has 0 atom stereocenters. The van der Waals surface area contributed by atoms with Gasteiger partial charge < -0.3 is 3.94 Å². The summed E-state index contributed by atoms with van der Waals surface area (Å²) in [6.45, 7) is 2.45. The van der Waals surface area contributed by atoms with E-state index in [0.29, 0.717) is 6.61 Å². The molecule has 0 unspecified atom stereocenters. The van der Waals surface area contributed by atoms with E-state index in [9.17, 15) is 0 Å². The van der Waals surface area contributed by atoms with Crippen molar-refractivity contribution in [3.63, 3.8) is 0 Å². The van der Waals surface area contributed by atoms with E-state index in [0.717, 1.165) is 0 Å². The quantitative estimate of drug-likeness (QED) is 0.269. The molecule has 0 fully saturated rings. The molecule has 2 nitrogen and oxygen atoms in total. The molecule has 0 bridgehead atoms. The summed E-state index contributed by atoms with van der Waals surface area (Å²) in [4.78, 5) is 4.30. The highest BCUT2D eigenvalue weighted by molar-refractivity contribution is 5.97. The lowest BCUT2D eigenvalue weighted by Gasteiger charge is -1.90. The Bertz CT molecular complexity index is 15.1. The molecular formula is C2H5AlO2. The molecular weight excluding hydrogens is 83.0 g/mol. The first kappa shape index (κ1) is 5.45. The zero-order valence-electron chi connectivity index (χ0n) is 3.10. The second-order valence-electron chi connectivity index (χ2n) is 0.503. The molecule has 0 aliphatic rings. The van der Waals surface area contributed by atoms with Gasteiger partial charge in [-0.1, -0.05) is 0 Å². The molecule has 3 heteroatoms. The summed E-state index contributed by atoms with van der Waals surface area (Å²) in [5, 5.41) is 0. The molecule has 0 amide bonds. The molecule has 0 rings (SSSR count). The lowest BCUT2D eigenvalue weighted by Crippen LogP contribution is -1.85. The van der Waals surface area contributed by atoms with Crippen LogP contribution >= 0.6 is 0 Å². The molecule has 0 aliphatic carbocycles. The highest BCUT2D eigenvalue weighted by Gasteiger charge is 1.63. The van der Waals surface area contributed by atoms with Crippen LogP contribution in [0.5, 0.6) is 0 Å². The zero-order valence-corrected chi connectivity index (χ0v) is 4.26. The summed E-state index contributed by atoms with van der Waals surface area (Å²) >= 11 is 1.98. The zero-order chi connectivity index (χ0) is 4.12. The van der Waals surface area contributed by atoms with E-state index in [1.54, 1.807) is 0 Å². The average Bonchev–Trinajstić information content (AvgIpc) is 1.41. The molecule has 0 N–H and O–H groups in total. The Hall–Kier alpha value is 0.452. The Morgan fingerprint density at radius 2 is 2.40 bits per heavy atom. The van der Waals surface area contributed by atoms with E-state index in [1.807, 2.05) is 23.5 Å². The molecule has 5 heavy (non-hydrogen) atoms. The fraction of sp³-hybridized carbons (Fsp3) is 1.00. The van der Waals surface area contributed by atoms with Gasteiger partial charge in [0.25, 0.3) is 0 Å². The number of rotatable bonds is 2. The lowest BCUT2D eigenvalue weighted by atomic mass is 10.9. The highest BCUT2D eigenvalue weighted by atomic mass is 27.1. The van der Waals surface area contributed by atoms with Crippen molar-refractivity contribution in [1.29, 1.82) is 0 Å². The maximum Gasteiger partial charge on any atom is 0.436 e. The number of hydrogen-bond donors (Lipinski definition) is 0. The van der Waals surface area contributed by atoms with Gasteiger partial charge in [0.05, 0.1) is 6.61 Å². The summed E-state index contributed by atoms with van der Waals surface area (Å²) in [7, 11) is 0. The van der Waals surface area contributed by atoms with E-state index < -0.39 is 0 Å². The van der Waals surface area contributed by atoms with Crippen molar-refractivity contribution >= 4 is 16.6 Å². The summed E-state index contributed by atoms with van der Waals surface area (Å²) in [6, 6.07) is 0. The second kappa shape index (κ2) is 4.45. The monoisotopic (exact) mass is 88.0 g/mol. The summed E-state index contributed by atoms with van der Waals surface area (Å²) in [6.07, 6.45) is 0. The van der Waals surface area contributed by atoms with Crippen LogP contribution < -0.4 is 0 Å². The third kappa shape index (κ3) is 4.45. The van der Waals surface area contributed by atoms with Crippen LogP contribution in [0, 0.1) is 0 Å². The van der Waals surface area contributed by atoms with Gasteiger partial charge in [0.2, 0.25) is 0 Å². The summed E-state index contributed by atoms with van der Waals surface area (Å²) in [5.74, 6) is 0. The van der Waals surface area contributed by atoms with Crippen LogP contribution in [0.2, 0.25) is 0 Å². The van der Waals surface area contributed by atoms with Crippen LogP contribution in [0.3, 0.4) is 0 Å². The van der Waals surface area contributed by atoms with Gasteiger partial charge in [-0.05, 0) is 6.92 Å². The first-order chi connectivity index (χ1) is 2.41. The average molecular weight is 88.0 g/mol. The Balaban J connectivity index is 2.19. The smallest absolute Gasteiger partial charge is 0.398 e. The summed E-state index contributed by atoms with van der Waals surface area (Å²) < 4.78 is 4.11. The third-order valence-corrected chi connectivity index (χ3v) is 0.322. The predicted octanol–water partition coefficient (Wildman–Crippen LogP) is 0.0380. The fourth-order valence-corrected chi connectivity index (χ4v) is 0.204. The lowest BCUT2D eigenvalue weighted by molar-refractivity contribution is -0.198. The standard InChI is InChI=1S/C2H6O2.Al/c1-2-4-3;/h3H,2H2,1H3;/q;+1/p-1. The van der Waals surface area contributed by atoms with Crippen molar-refractivity contribution in [2.45, 2.75) is 6.92 Å². The number of hydrogen-bond acceptors (Lipinski definition) is 2. The topological polar surface area (TPSA) is 18.5 Å². The summed E-state index contributed by atoms with van der Waals surface area (Å²) in [5.41, 5.74) is 0. The van der Waals surface area contributed by atoms with Gasteiger partial charge in [0, 0.05) is 0 Å². The minimum absolute atomic E-state index is 0.601. The third-order valence-electron chi connectivity index (χ3n) is 0.186. The normalized spacial score (nSPS) is 8.20. The SMILES string of the molecule is CCO[O][Al]. The van der Waals surface area contributed by atoms with Crippen molar-refractivity contribution in [2.24, 2.45) is 0 Å². The van der Waals surface area contributed by atoms with Gasteiger partial charge in [-0.25, -0.2) is 0 Å². The van der Waals surface area contributed by atoms with Crippen LogP contribution in [0.25, 0.3) is 0 Å². The molecule has 0 aromatic rings. The van der Waals surface area contributed by atoms with Crippen molar-refractivity contribution in [3.8, 4) is 0 Å². The minimum Gasteiger partial charge on any atom is -0.398 e. The van der Waals surface area contributed by atoms with E-state index in [2.05, 4.69) is 8.83 Å². The van der Waals surface area contributed by atoms with Gasteiger partial charge >= 0.3 is 16.6 Å². The Labute approximate surface area is 39.8 Å². The van der Waals surface area contributed by atoms with Crippen molar-refractivity contribution < 1.29 is 8.83 Å². The van der Waals surface area contributed by atoms with Crippen LogP contribution in [0.15, 0.2) is 0 Å². The molecule has 0 aliphatic heterocycles. The maximum atomic E-state index is 4.30. The minimum atomic E-state index is 0.601. The largest absolute Gasteiger partial charge is 0.436 e. The van der Waals surface area contributed by atoms with Gasteiger partial charge in [-0.15, -0.1) is 0 Å². The second-order valence-corrected chi connectivity index (χ2v) is 0.695.